The van der Waals surface area contributed by atoms with Crippen LogP contribution in [-0.2, 0) is 23.8 Å². The number of anilines is 1. The fourth-order valence-corrected chi connectivity index (χ4v) is 14.9. The van der Waals surface area contributed by atoms with Crippen LogP contribution in [0.4, 0.5) is 14.5 Å². The predicted octanol–water partition coefficient (Wildman–Crippen LogP) is 17.4. The lowest BCUT2D eigenvalue weighted by Crippen LogP contribution is -2.21. The summed E-state index contributed by atoms with van der Waals surface area (Å²) in [4.78, 5) is 215. The molecule has 138 heavy (non-hydrogen) atoms. The van der Waals surface area contributed by atoms with Crippen LogP contribution < -0.4 is 10.6 Å². The van der Waals surface area contributed by atoms with Gasteiger partial charge in [-0.15, -0.1) is 0 Å². The molecule has 0 unspecified atom stereocenters. The summed E-state index contributed by atoms with van der Waals surface area (Å²) in [5.41, 5.74) is 13.4. The summed E-state index contributed by atoms with van der Waals surface area (Å²) in [5, 5.41) is 0. The van der Waals surface area contributed by atoms with Crippen LogP contribution in [0.25, 0.3) is 90.3 Å². The molecule has 0 fully saturated rings. The first-order valence-electron chi connectivity index (χ1n) is 42.5. The van der Waals surface area contributed by atoms with Crippen LogP contribution in [0.3, 0.4) is 0 Å². The number of nitrogens with zero attached hydrogens (tertiary/aromatic N) is 12. The van der Waals surface area contributed by atoms with Gasteiger partial charge >= 0.3 is 0 Å². The first-order chi connectivity index (χ1) is 66.0. The van der Waals surface area contributed by atoms with E-state index in [1.807, 2.05) is 79.3 Å². The molecule has 0 amide bonds. The van der Waals surface area contributed by atoms with Gasteiger partial charge in [-0.1, -0.05) is 135 Å². The van der Waals surface area contributed by atoms with E-state index in [1.165, 1.54) is 68.2 Å². The topological polar surface area (TPSA) is 502 Å². The summed E-state index contributed by atoms with van der Waals surface area (Å²) in [7, 11) is 3.30. The van der Waals surface area contributed by atoms with E-state index in [2.05, 4.69) is 60.6 Å². The summed E-state index contributed by atoms with van der Waals surface area (Å²) in [5.74, 6) is -6.48. The fourth-order valence-electron chi connectivity index (χ4n) is 14.9. The Balaban J connectivity index is 0.000000117. The van der Waals surface area contributed by atoms with Crippen molar-refractivity contribution < 1.29 is 107 Å². The highest BCUT2D eigenvalue weighted by molar-refractivity contribution is 6.55. The highest BCUT2D eigenvalue weighted by Crippen LogP contribution is 2.43. The van der Waals surface area contributed by atoms with Gasteiger partial charge in [0.2, 0.25) is 75.5 Å². The molecule has 0 spiro atoms. The van der Waals surface area contributed by atoms with Crippen LogP contribution in [0.5, 0.6) is 0 Å². The molecule has 0 bridgehead atoms. The molecule has 0 saturated carbocycles. The second-order valence-electron chi connectivity index (χ2n) is 33.5. The van der Waals surface area contributed by atoms with Gasteiger partial charge in [-0.25, -0.2) is 43.7 Å². The number of benzene rings is 5. The summed E-state index contributed by atoms with van der Waals surface area (Å²) in [6.45, 7) is 19.3. The lowest BCUT2D eigenvalue weighted by molar-refractivity contribution is 0.0794. The Kier molecular flexibility index (Phi) is 25.3. The number of Topliss-reactive ketones (excluding diaryl/α,β-unsaturated/α-hetero) is 14. The van der Waals surface area contributed by atoms with Crippen LogP contribution in [0.15, 0.2) is 226 Å². The zero-order valence-electron chi connectivity index (χ0n) is 75.2. The van der Waals surface area contributed by atoms with Crippen LogP contribution in [-0.4, -0.2) is 150 Å². The van der Waals surface area contributed by atoms with Crippen molar-refractivity contribution in [2.24, 2.45) is 5.73 Å². The quantitative estimate of drug-likeness (QED) is 0.151. The van der Waals surface area contributed by atoms with Gasteiger partial charge in [0.25, 0.3) is 63.6 Å². The van der Waals surface area contributed by atoms with E-state index >= 15 is 0 Å². The lowest BCUT2D eigenvalue weighted by Gasteiger charge is -2.16. The SMILES string of the molecule is CC(C)(C)c1nc2c(o1)C(=O)C(=O)c1ccccc1-2.CC(C)(C)c1nc2c(o1)C(=O)C(=O)c1ncccc1-2.CC(C)c1nc2c(o1)C(=O)C(=O)c1ncccc1-2.CCc1nc2c(o1)C(=O)C(=O)c1ccccc1-2.CN.CN(Cc1nc2c(o1)-c1ccccc1C(=O)C2=O)c1ccc(F)cc1.Cc1nc2c(o1)C(=O)C(=O)c1ncccc1-2.O=C1C(=O)c2oc(-c3ccc(F)cc3)nc2-c2cccnc21. The molecule has 0 aliphatic heterocycles. The van der Waals surface area contributed by atoms with Crippen molar-refractivity contribution in [1.82, 2.24) is 54.8 Å². The van der Waals surface area contributed by atoms with Crippen LogP contribution in [0.1, 0.15) is 250 Å². The maximum Gasteiger partial charge on any atom is 0.272 e. The number of nitrogens with two attached hydrogens (primary N) is 1. The van der Waals surface area contributed by atoms with Crippen molar-refractivity contribution >= 4 is 86.7 Å². The van der Waals surface area contributed by atoms with E-state index in [-0.39, 0.29) is 110 Å². The Morgan fingerprint density at radius 3 is 1.07 bits per heavy atom. The van der Waals surface area contributed by atoms with Crippen molar-refractivity contribution in [3.63, 3.8) is 0 Å². The molecule has 34 nitrogen and oxygen atoms in total. The molecular formula is C102H75F2N13O21. The molecule has 16 aromatic rings. The molecule has 0 atom stereocenters. The number of ketones is 14. The van der Waals surface area contributed by atoms with E-state index in [0.717, 1.165) is 5.69 Å². The van der Waals surface area contributed by atoms with E-state index in [0.29, 0.717) is 137 Å². The predicted molar refractivity (Wildman–Crippen MR) is 485 cm³/mol. The van der Waals surface area contributed by atoms with Crippen LogP contribution >= 0.6 is 0 Å². The third-order valence-electron chi connectivity index (χ3n) is 21.7. The van der Waals surface area contributed by atoms with E-state index in [1.54, 1.807) is 135 Å². The number of rotatable bonds is 6. The Hall–Kier alpha value is -17.8. The average Bonchev–Trinajstić information content (AvgIpc) is 1.59. The zero-order chi connectivity index (χ0) is 98.5. The number of hydrogen-bond donors (Lipinski definition) is 1. The van der Waals surface area contributed by atoms with Gasteiger partial charge < -0.3 is 41.6 Å². The molecule has 2 N–H and O–H groups in total. The van der Waals surface area contributed by atoms with Crippen molar-refractivity contribution in [2.45, 2.75) is 99.0 Å². The molecule has 11 heterocycles. The van der Waals surface area contributed by atoms with Gasteiger partial charge in [-0.2, -0.15) is 0 Å². The van der Waals surface area contributed by atoms with Crippen molar-refractivity contribution in [2.75, 3.05) is 19.0 Å². The molecule has 5 aromatic carbocycles. The number of halogens is 2. The third kappa shape index (κ3) is 17.4. The molecule has 7 aliphatic rings. The minimum Gasteiger partial charge on any atom is -0.438 e. The number of aryl methyl sites for hydroxylation is 2. The number of oxazole rings is 7. The number of carbonyl (C=O) groups is 14. The summed E-state index contributed by atoms with van der Waals surface area (Å²) in [6, 6.07) is 45.8. The summed E-state index contributed by atoms with van der Waals surface area (Å²) in [6.07, 6.45) is 6.48. The van der Waals surface area contributed by atoms with Gasteiger partial charge in [-0.05, 0) is 104 Å². The smallest absolute Gasteiger partial charge is 0.272 e. The van der Waals surface area contributed by atoms with E-state index < -0.39 is 81.0 Å². The highest BCUT2D eigenvalue weighted by atomic mass is 19.1. The molecule has 23 rings (SSSR count). The number of carbonyl (C=O) groups excluding carboxylic acids is 14. The minimum atomic E-state index is -0.776. The highest BCUT2D eigenvalue weighted by Gasteiger charge is 2.44. The average molecular weight is 1860 g/mol. The summed E-state index contributed by atoms with van der Waals surface area (Å²) < 4.78 is 64.1. The lowest BCUT2D eigenvalue weighted by atomic mass is 9.91. The summed E-state index contributed by atoms with van der Waals surface area (Å²) >= 11 is 0. The largest absolute Gasteiger partial charge is 0.438 e. The maximum absolute atomic E-state index is 13.0. The van der Waals surface area contributed by atoms with Crippen LogP contribution in [0, 0.1) is 18.6 Å². The Morgan fingerprint density at radius 2 is 0.630 bits per heavy atom. The second kappa shape index (κ2) is 37.3. The number of fused-ring (bicyclic) bond motifs is 21. The van der Waals surface area contributed by atoms with Gasteiger partial charge in [0, 0.05) is 129 Å². The van der Waals surface area contributed by atoms with Gasteiger partial charge in [0.1, 0.15) is 68.6 Å². The van der Waals surface area contributed by atoms with E-state index in [9.17, 15) is 75.9 Å². The Morgan fingerprint density at radius 1 is 0.312 bits per heavy atom. The minimum absolute atomic E-state index is 0.0167. The van der Waals surface area contributed by atoms with Crippen molar-refractivity contribution in [3.8, 4) is 90.3 Å². The van der Waals surface area contributed by atoms with Crippen molar-refractivity contribution in [1.29, 1.82) is 0 Å². The van der Waals surface area contributed by atoms with E-state index in [4.69, 9.17) is 30.9 Å². The van der Waals surface area contributed by atoms with Gasteiger partial charge in [0.15, 0.2) is 29.1 Å². The molecule has 688 valence electrons. The number of aromatic nitrogens is 11. The van der Waals surface area contributed by atoms with Crippen molar-refractivity contribution in [3.05, 3.63) is 321 Å². The number of hydrogen-bond acceptors (Lipinski definition) is 34. The molecular weight excluding hydrogens is 1780 g/mol. The third-order valence-corrected chi connectivity index (χ3v) is 21.7. The molecule has 11 aromatic heterocycles. The Labute approximate surface area is 779 Å². The number of pyridine rings is 4. The van der Waals surface area contributed by atoms with Crippen LogP contribution in [0.2, 0.25) is 0 Å². The van der Waals surface area contributed by atoms with Gasteiger partial charge in [0.05, 0.1) is 6.54 Å². The first kappa shape index (κ1) is 93.4. The molecule has 7 aliphatic carbocycles. The fraction of sp³-hybridized carbons (Fsp3) is 0.167. The normalized spacial score (nSPS) is 13.4. The Bertz CT molecular complexity index is 7690. The zero-order valence-corrected chi connectivity index (χ0v) is 75.2. The standard InChI is InChI=1S/C19H13FN2O3.C16H7FN2O3.C15H13NO3.C14H12N2O3.C13H10N2O3.C13H9NO3.C11H6N2O3.CH5N/c1-22(12-8-6-11(20)7-9-12)10-15-21-16-18(24)17(23)13-4-2-3-5-14(13)19(16)25-15;17-9-5-3-8(4-6-9)16-19-12-10-2-1-7-18-11(10)13(20)14(21)15(12)22-16;1-15(2,3)14-16-10-8-6-4-5-7-9(8)11(17)12(18)13(10)19-14;1-14(2,3)13-16-9-7-5-4-6-15-8(7)10(17)11(18)12(9)19-13;1-6(2)13-15-9-7-4-3-5-14-8(7)10(16)11(17)12(9)18-13;1-2-9-14-10-7-5-3-4-6-8(7)11(15)12(16)13(10)17-9;1-5-13-8-6-3-2-4-12-7(6)9(14)10(15)11(8)16-5;1-2/h2-9H,10H2,1H3;1-7H;4-7H,1-3H3;4-6H,1-3H3;3-6H,1-2H3;3-6H,2H2,1H3;2-4H,1H3;2H2,1H3. The molecule has 0 saturated heterocycles. The monoisotopic (exact) mass is 1860 g/mol. The molecule has 0 radical (unpaired) electrons. The van der Waals surface area contributed by atoms with Gasteiger partial charge in [-0.3, -0.25) is 87.1 Å². The first-order valence-corrected chi connectivity index (χ1v) is 42.5. The second-order valence-corrected chi connectivity index (χ2v) is 33.5. The maximum atomic E-state index is 13.0. The molecule has 36 heteroatoms.